The molecule has 0 amide bonds. The summed E-state index contributed by atoms with van der Waals surface area (Å²) in [5.74, 6) is -2.52. The van der Waals surface area contributed by atoms with Gasteiger partial charge in [-0.3, -0.25) is 4.57 Å². The zero-order valence-corrected chi connectivity index (χ0v) is 19.9. The van der Waals surface area contributed by atoms with Gasteiger partial charge in [-0.25, -0.2) is 28.3 Å². The highest BCUT2D eigenvalue weighted by atomic mass is 32.1. The average molecular weight is 517 g/mol. The third kappa shape index (κ3) is 5.35. The van der Waals surface area contributed by atoms with Crippen LogP contribution in [0.1, 0.15) is 29.0 Å². The maximum absolute atomic E-state index is 15.1. The molecule has 4 rings (SSSR count). The molecule has 2 aromatic heterocycles. The van der Waals surface area contributed by atoms with Gasteiger partial charge in [-0.1, -0.05) is 25.1 Å². The summed E-state index contributed by atoms with van der Waals surface area (Å²) in [5.41, 5.74) is -0.0477. The van der Waals surface area contributed by atoms with Crippen LogP contribution < -0.4 is 0 Å². The lowest BCUT2D eigenvalue weighted by molar-refractivity contribution is -0.312. The van der Waals surface area contributed by atoms with E-state index in [1.807, 2.05) is 0 Å². The third-order valence-electron chi connectivity index (χ3n) is 5.41. The van der Waals surface area contributed by atoms with Gasteiger partial charge in [0.25, 0.3) is 0 Å². The molecule has 0 aliphatic heterocycles. The Labute approximate surface area is 203 Å². The van der Waals surface area contributed by atoms with E-state index in [4.69, 9.17) is 10.1 Å². The Morgan fingerprint density at radius 3 is 2.69 bits per heavy atom. The zero-order valence-electron chi connectivity index (χ0n) is 18.1. The number of rotatable bonds is 9. The van der Waals surface area contributed by atoms with Gasteiger partial charge in [0.05, 0.1) is 28.9 Å². The molecule has 35 heavy (non-hydrogen) atoms. The number of aromatic nitrogens is 4. The van der Waals surface area contributed by atoms with E-state index in [0.717, 1.165) is 11.6 Å². The van der Waals surface area contributed by atoms with E-state index in [-0.39, 0.29) is 12.1 Å². The molecule has 0 saturated carbocycles. The van der Waals surface area contributed by atoms with E-state index in [2.05, 4.69) is 25.8 Å². The summed E-state index contributed by atoms with van der Waals surface area (Å²) in [6.07, 6.45) is 2.62. The van der Waals surface area contributed by atoms with Gasteiger partial charge in [0.1, 0.15) is 24.3 Å². The Morgan fingerprint density at radius 1 is 1.29 bits per heavy atom. The van der Waals surface area contributed by atoms with Crippen molar-refractivity contribution in [3.05, 3.63) is 88.3 Å². The number of hydrogen-bond acceptors (Lipinski definition) is 8. The lowest BCUT2D eigenvalue weighted by atomic mass is 9.82. The van der Waals surface area contributed by atoms with E-state index in [1.54, 1.807) is 36.6 Å². The van der Waals surface area contributed by atoms with Crippen LogP contribution in [0.25, 0.3) is 11.3 Å². The minimum Gasteiger partial charge on any atom is -0.325 e. The fraction of sp³-hybridized carbons (Fsp3) is 0.182. The highest BCUT2D eigenvalue weighted by Crippen LogP contribution is 2.45. The molecular formula is C22H18F2N5O4PS. The van der Waals surface area contributed by atoms with E-state index >= 15 is 4.39 Å². The SMILES string of the molecule is C[C@@H](c1nc(-c2ccc(C#N)cc2)cs1)[C@@](Cn1cncn1)(OO[PH](=O)O)c1ccc(F)cc1F. The van der Waals surface area contributed by atoms with Crippen molar-refractivity contribution in [2.75, 3.05) is 0 Å². The highest BCUT2D eigenvalue weighted by molar-refractivity contribution is 7.31. The van der Waals surface area contributed by atoms with Crippen LogP contribution >= 0.6 is 19.6 Å². The van der Waals surface area contributed by atoms with Crippen molar-refractivity contribution in [2.24, 2.45) is 0 Å². The largest absolute Gasteiger partial charge is 0.344 e. The molecule has 0 saturated heterocycles. The molecule has 0 fully saturated rings. The number of benzene rings is 2. The minimum absolute atomic E-state index is 0.125. The lowest BCUT2D eigenvalue weighted by Gasteiger charge is -2.36. The topological polar surface area (TPSA) is 123 Å². The van der Waals surface area contributed by atoms with Gasteiger partial charge in [0.15, 0.2) is 5.60 Å². The summed E-state index contributed by atoms with van der Waals surface area (Å²) in [6.45, 7) is 1.48. The molecule has 9 nitrogen and oxygen atoms in total. The van der Waals surface area contributed by atoms with Crippen molar-refractivity contribution in [2.45, 2.75) is 25.0 Å². The fourth-order valence-electron chi connectivity index (χ4n) is 3.63. The fourth-order valence-corrected chi connectivity index (χ4v) is 4.82. The van der Waals surface area contributed by atoms with Gasteiger partial charge in [-0.2, -0.15) is 15.0 Å². The van der Waals surface area contributed by atoms with E-state index in [0.29, 0.717) is 22.3 Å². The van der Waals surface area contributed by atoms with Crippen molar-refractivity contribution in [3.8, 4) is 17.3 Å². The van der Waals surface area contributed by atoms with E-state index < -0.39 is 31.4 Å². The molecule has 3 atom stereocenters. The van der Waals surface area contributed by atoms with Crippen LogP contribution in [0, 0.1) is 23.0 Å². The maximum atomic E-state index is 15.1. The van der Waals surface area contributed by atoms with Crippen LogP contribution in [0.2, 0.25) is 0 Å². The molecule has 0 aliphatic carbocycles. The summed E-state index contributed by atoms with van der Waals surface area (Å²) < 4.78 is 46.3. The Kier molecular flexibility index (Phi) is 7.45. The average Bonchev–Trinajstić information content (AvgIpc) is 3.54. The van der Waals surface area contributed by atoms with Gasteiger partial charge < -0.3 is 4.89 Å². The molecule has 0 bridgehead atoms. The normalized spacial score (nSPS) is 14.7. The molecule has 0 aliphatic rings. The molecule has 1 N–H and O–H groups in total. The number of halogens is 2. The first kappa shape index (κ1) is 24.8. The molecule has 180 valence electrons. The first-order valence-corrected chi connectivity index (χ1v) is 12.3. The quantitative estimate of drug-likeness (QED) is 0.194. The second-order valence-corrected chi connectivity index (χ2v) is 9.11. The highest BCUT2D eigenvalue weighted by Gasteiger charge is 2.46. The van der Waals surface area contributed by atoms with Crippen LogP contribution in [0.4, 0.5) is 8.78 Å². The maximum Gasteiger partial charge on any atom is 0.344 e. The Bertz CT molecular complexity index is 1380. The van der Waals surface area contributed by atoms with Crippen LogP contribution in [0.5, 0.6) is 0 Å². The van der Waals surface area contributed by atoms with Gasteiger partial charge in [-0.15, -0.1) is 11.3 Å². The first-order chi connectivity index (χ1) is 16.8. The van der Waals surface area contributed by atoms with Crippen molar-refractivity contribution >= 4 is 19.6 Å². The van der Waals surface area contributed by atoms with Crippen LogP contribution in [-0.4, -0.2) is 24.6 Å². The predicted octanol–water partition coefficient (Wildman–Crippen LogP) is 4.58. The van der Waals surface area contributed by atoms with Gasteiger partial charge >= 0.3 is 8.25 Å². The van der Waals surface area contributed by atoms with Crippen molar-refractivity contribution < 1.29 is 27.8 Å². The van der Waals surface area contributed by atoms with Crippen LogP contribution in [-0.2, 0) is 26.3 Å². The molecule has 0 spiro atoms. The van der Waals surface area contributed by atoms with Crippen molar-refractivity contribution in [3.63, 3.8) is 0 Å². The van der Waals surface area contributed by atoms with Crippen LogP contribution in [0.3, 0.4) is 0 Å². The smallest absolute Gasteiger partial charge is 0.325 e. The standard InChI is InChI=1S/C22H18F2N5O4PS/c1-14(21-28-20(10-35-21)16-4-2-15(9-25)3-5-16)22(32-33-34(30)31,11-29-13-26-12-27-29)18-7-6-17(23)8-19(18)24/h2-8,10,12-14,34H,11H2,1H3,(H,30,31)/t14-,22+/m0/s1. The Balaban J connectivity index is 1.82. The Hall–Kier alpha value is -3.33. The summed E-state index contributed by atoms with van der Waals surface area (Å²) in [7, 11) is -3.59. The summed E-state index contributed by atoms with van der Waals surface area (Å²) in [4.78, 5) is 23.4. The first-order valence-electron chi connectivity index (χ1n) is 10.1. The molecule has 0 radical (unpaired) electrons. The minimum atomic E-state index is -3.59. The monoisotopic (exact) mass is 517 g/mol. The number of nitriles is 1. The molecule has 13 heteroatoms. The summed E-state index contributed by atoms with van der Waals surface area (Å²) in [5, 5.41) is 15.3. The second-order valence-electron chi connectivity index (χ2n) is 7.52. The van der Waals surface area contributed by atoms with Crippen molar-refractivity contribution in [1.82, 2.24) is 19.7 Å². The summed E-state index contributed by atoms with van der Waals surface area (Å²) >= 11 is 1.25. The Morgan fingerprint density at radius 2 is 2.06 bits per heavy atom. The number of thiazole rings is 1. The molecule has 2 aromatic carbocycles. The van der Waals surface area contributed by atoms with Gasteiger partial charge in [0, 0.05) is 28.5 Å². The van der Waals surface area contributed by atoms with E-state index in [9.17, 15) is 13.8 Å². The molecule has 1 unspecified atom stereocenters. The molecule has 4 aromatic rings. The lowest BCUT2D eigenvalue weighted by Crippen LogP contribution is -2.40. The summed E-state index contributed by atoms with van der Waals surface area (Å²) in [6, 6.07) is 11.8. The second kappa shape index (κ2) is 10.5. The van der Waals surface area contributed by atoms with Crippen LogP contribution in [0.15, 0.2) is 60.5 Å². The van der Waals surface area contributed by atoms with Crippen molar-refractivity contribution in [1.29, 1.82) is 5.26 Å². The van der Waals surface area contributed by atoms with Gasteiger partial charge in [0.2, 0.25) is 0 Å². The zero-order chi connectivity index (χ0) is 25.0. The van der Waals surface area contributed by atoms with Gasteiger partial charge in [-0.05, 0) is 18.2 Å². The molecular weight excluding hydrogens is 499 g/mol. The predicted molar refractivity (Wildman–Crippen MR) is 122 cm³/mol. The van der Waals surface area contributed by atoms with E-state index in [1.165, 1.54) is 34.7 Å². The number of nitrogens with zero attached hydrogens (tertiary/aromatic N) is 5. The number of hydrogen-bond donors (Lipinski definition) is 1. The third-order valence-corrected chi connectivity index (χ3v) is 6.67. The molecule has 2 heterocycles.